The summed E-state index contributed by atoms with van der Waals surface area (Å²) in [6, 6.07) is 10.2. The molecule has 4 rings (SSSR count). The number of nitrogens with zero attached hydrogens (tertiary/aromatic N) is 4. The zero-order chi connectivity index (χ0) is 18.6. The van der Waals surface area contributed by atoms with Crippen molar-refractivity contribution in [2.75, 3.05) is 36.4 Å². The van der Waals surface area contributed by atoms with Gasteiger partial charge in [-0.05, 0) is 55.9 Å². The average Bonchev–Trinajstić information content (AvgIpc) is 3.24. The molecule has 2 aliphatic rings. The van der Waals surface area contributed by atoms with E-state index in [1.54, 1.807) is 6.07 Å². The summed E-state index contributed by atoms with van der Waals surface area (Å²) < 4.78 is 0. The number of amides is 1. The van der Waals surface area contributed by atoms with Crippen LogP contribution in [0, 0.1) is 5.92 Å². The minimum Gasteiger partial charge on any atom is -0.372 e. The first kappa shape index (κ1) is 17.8. The number of aromatic nitrogens is 2. The van der Waals surface area contributed by atoms with Crippen LogP contribution in [0.15, 0.2) is 36.7 Å². The van der Waals surface area contributed by atoms with Gasteiger partial charge in [-0.2, -0.15) is 0 Å². The SMILES string of the molecule is CC1CCN(c2ccc(Nc3cc(C(=O)N4CCCC4)ncn3)cc2)CC1. The maximum Gasteiger partial charge on any atom is 0.272 e. The predicted molar refractivity (Wildman–Crippen MR) is 108 cm³/mol. The number of nitrogens with one attached hydrogen (secondary N) is 1. The second kappa shape index (κ2) is 7.94. The Kier molecular flexibility index (Phi) is 5.23. The van der Waals surface area contributed by atoms with Crippen molar-refractivity contribution in [3.8, 4) is 0 Å². The van der Waals surface area contributed by atoms with Crippen LogP contribution in [-0.2, 0) is 0 Å². The van der Waals surface area contributed by atoms with Crippen LogP contribution in [0.25, 0.3) is 0 Å². The fourth-order valence-electron chi connectivity index (χ4n) is 3.80. The van der Waals surface area contributed by atoms with Gasteiger partial charge in [0.05, 0.1) is 0 Å². The molecule has 27 heavy (non-hydrogen) atoms. The molecule has 1 amide bonds. The van der Waals surface area contributed by atoms with E-state index in [4.69, 9.17) is 0 Å². The number of anilines is 3. The van der Waals surface area contributed by atoms with Gasteiger partial charge in [0, 0.05) is 43.6 Å². The predicted octanol–water partition coefficient (Wildman–Crippen LogP) is 3.69. The molecule has 2 fully saturated rings. The quantitative estimate of drug-likeness (QED) is 0.895. The summed E-state index contributed by atoms with van der Waals surface area (Å²) >= 11 is 0. The average molecular weight is 365 g/mol. The summed E-state index contributed by atoms with van der Waals surface area (Å²) in [4.78, 5) is 25.2. The highest BCUT2D eigenvalue weighted by atomic mass is 16.2. The molecule has 1 aromatic heterocycles. The van der Waals surface area contributed by atoms with Crippen LogP contribution in [-0.4, -0.2) is 47.0 Å². The number of piperidine rings is 1. The van der Waals surface area contributed by atoms with Gasteiger partial charge in [0.25, 0.3) is 5.91 Å². The molecule has 6 heteroatoms. The zero-order valence-corrected chi connectivity index (χ0v) is 15.9. The first-order valence-corrected chi connectivity index (χ1v) is 9.92. The smallest absolute Gasteiger partial charge is 0.272 e. The molecule has 0 atom stereocenters. The summed E-state index contributed by atoms with van der Waals surface area (Å²) in [5.74, 6) is 1.47. The Labute approximate surface area is 160 Å². The largest absolute Gasteiger partial charge is 0.372 e. The fourth-order valence-corrected chi connectivity index (χ4v) is 3.80. The standard InChI is InChI=1S/C21H27N5O/c1-16-8-12-25(13-9-16)18-6-4-17(5-7-18)24-20-14-19(22-15-23-20)21(27)26-10-2-3-11-26/h4-7,14-16H,2-3,8-13H2,1H3,(H,22,23,24). The number of carbonyl (C=O) groups excluding carboxylic acids is 1. The lowest BCUT2D eigenvalue weighted by molar-refractivity contribution is 0.0787. The molecular weight excluding hydrogens is 338 g/mol. The van der Waals surface area contributed by atoms with E-state index in [1.807, 2.05) is 4.90 Å². The Balaban J connectivity index is 1.41. The molecule has 142 valence electrons. The van der Waals surface area contributed by atoms with Crippen LogP contribution in [0.3, 0.4) is 0 Å². The summed E-state index contributed by atoms with van der Waals surface area (Å²) in [5, 5.41) is 3.29. The van der Waals surface area contributed by atoms with E-state index >= 15 is 0 Å². The van der Waals surface area contributed by atoms with Crippen LogP contribution in [0.1, 0.15) is 43.1 Å². The van der Waals surface area contributed by atoms with Crippen molar-refractivity contribution < 1.29 is 4.79 Å². The molecule has 0 saturated carbocycles. The Morgan fingerprint density at radius 2 is 1.74 bits per heavy atom. The van der Waals surface area contributed by atoms with Crippen molar-refractivity contribution in [1.82, 2.24) is 14.9 Å². The number of likely N-dealkylation sites (tertiary alicyclic amines) is 1. The second-order valence-electron chi connectivity index (χ2n) is 7.63. The van der Waals surface area contributed by atoms with Crippen LogP contribution in [0.2, 0.25) is 0 Å². The minimum absolute atomic E-state index is 0.00683. The van der Waals surface area contributed by atoms with Crippen LogP contribution < -0.4 is 10.2 Å². The molecule has 0 aliphatic carbocycles. The number of carbonyl (C=O) groups is 1. The topological polar surface area (TPSA) is 61.4 Å². The molecule has 2 saturated heterocycles. The van der Waals surface area contributed by atoms with Gasteiger partial charge >= 0.3 is 0 Å². The molecular formula is C21H27N5O. The lowest BCUT2D eigenvalue weighted by atomic mass is 9.99. The number of hydrogen-bond donors (Lipinski definition) is 1. The van der Waals surface area contributed by atoms with Gasteiger partial charge in [-0.15, -0.1) is 0 Å². The van der Waals surface area contributed by atoms with Crippen molar-refractivity contribution >= 4 is 23.1 Å². The molecule has 0 bridgehead atoms. The molecule has 1 aromatic carbocycles. The second-order valence-corrected chi connectivity index (χ2v) is 7.63. The third-order valence-electron chi connectivity index (χ3n) is 5.57. The highest BCUT2D eigenvalue weighted by Crippen LogP contribution is 2.25. The maximum absolute atomic E-state index is 12.5. The molecule has 2 aromatic rings. The van der Waals surface area contributed by atoms with Gasteiger partial charge in [0.15, 0.2) is 0 Å². The molecule has 6 nitrogen and oxygen atoms in total. The van der Waals surface area contributed by atoms with Crippen molar-refractivity contribution in [3.05, 3.63) is 42.4 Å². The van der Waals surface area contributed by atoms with E-state index in [2.05, 4.69) is 51.4 Å². The minimum atomic E-state index is -0.00683. The Hall–Kier alpha value is -2.63. The van der Waals surface area contributed by atoms with Gasteiger partial charge in [-0.25, -0.2) is 9.97 Å². The van der Waals surface area contributed by atoms with E-state index in [-0.39, 0.29) is 5.91 Å². The monoisotopic (exact) mass is 365 g/mol. The maximum atomic E-state index is 12.5. The summed E-state index contributed by atoms with van der Waals surface area (Å²) in [6.07, 6.45) is 6.12. The van der Waals surface area contributed by atoms with Crippen molar-refractivity contribution in [2.24, 2.45) is 5.92 Å². The van der Waals surface area contributed by atoms with E-state index in [0.717, 1.165) is 50.6 Å². The van der Waals surface area contributed by atoms with E-state index in [9.17, 15) is 4.79 Å². The first-order valence-electron chi connectivity index (χ1n) is 9.92. The van der Waals surface area contributed by atoms with Gasteiger partial charge in [0.2, 0.25) is 0 Å². The molecule has 0 radical (unpaired) electrons. The van der Waals surface area contributed by atoms with Gasteiger partial charge < -0.3 is 15.1 Å². The fraction of sp³-hybridized carbons (Fsp3) is 0.476. The molecule has 0 spiro atoms. The lowest BCUT2D eigenvalue weighted by Crippen LogP contribution is -2.32. The Bertz CT molecular complexity index is 777. The van der Waals surface area contributed by atoms with Crippen LogP contribution >= 0.6 is 0 Å². The molecule has 3 heterocycles. The van der Waals surface area contributed by atoms with Crippen LogP contribution in [0.5, 0.6) is 0 Å². The Morgan fingerprint density at radius 3 is 2.44 bits per heavy atom. The number of hydrogen-bond acceptors (Lipinski definition) is 5. The van der Waals surface area contributed by atoms with Crippen molar-refractivity contribution in [1.29, 1.82) is 0 Å². The van der Waals surface area contributed by atoms with Gasteiger partial charge in [0.1, 0.15) is 17.8 Å². The van der Waals surface area contributed by atoms with Crippen LogP contribution in [0.4, 0.5) is 17.2 Å². The Morgan fingerprint density at radius 1 is 1.04 bits per heavy atom. The molecule has 1 N–H and O–H groups in total. The molecule has 2 aliphatic heterocycles. The van der Waals surface area contributed by atoms with Gasteiger partial charge in [-0.1, -0.05) is 6.92 Å². The highest BCUT2D eigenvalue weighted by molar-refractivity contribution is 5.93. The normalized spacial score (nSPS) is 18.0. The lowest BCUT2D eigenvalue weighted by Gasteiger charge is -2.32. The highest BCUT2D eigenvalue weighted by Gasteiger charge is 2.21. The molecule has 0 unspecified atom stereocenters. The van der Waals surface area contributed by atoms with E-state index in [1.165, 1.54) is 24.9 Å². The third kappa shape index (κ3) is 4.21. The van der Waals surface area contributed by atoms with Crippen molar-refractivity contribution in [3.63, 3.8) is 0 Å². The van der Waals surface area contributed by atoms with Gasteiger partial charge in [-0.3, -0.25) is 4.79 Å². The first-order chi connectivity index (χ1) is 13.2. The summed E-state index contributed by atoms with van der Waals surface area (Å²) in [6.45, 7) is 6.23. The number of rotatable bonds is 4. The van der Waals surface area contributed by atoms with E-state index < -0.39 is 0 Å². The summed E-state index contributed by atoms with van der Waals surface area (Å²) in [7, 11) is 0. The zero-order valence-electron chi connectivity index (χ0n) is 15.9. The summed E-state index contributed by atoms with van der Waals surface area (Å²) in [5.41, 5.74) is 2.68. The van der Waals surface area contributed by atoms with Crippen molar-refractivity contribution in [2.45, 2.75) is 32.6 Å². The van der Waals surface area contributed by atoms with E-state index in [0.29, 0.717) is 11.5 Å². The number of benzene rings is 1. The third-order valence-corrected chi connectivity index (χ3v) is 5.57.